The van der Waals surface area contributed by atoms with E-state index in [1.807, 2.05) is 6.92 Å². The summed E-state index contributed by atoms with van der Waals surface area (Å²) in [6.07, 6.45) is 4.31. The molecule has 0 unspecified atom stereocenters. The maximum absolute atomic E-state index is 4.39. The smallest absolute Gasteiger partial charge is 0.0903 e. The summed E-state index contributed by atoms with van der Waals surface area (Å²) in [7, 11) is 0. The molecular formula is C12H20N2S. The van der Waals surface area contributed by atoms with Gasteiger partial charge in [-0.2, -0.15) is 0 Å². The third-order valence-corrected chi connectivity index (χ3v) is 3.00. The Labute approximate surface area is 96.4 Å². The molecule has 2 nitrogen and oxygen atoms in total. The highest BCUT2D eigenvalue weighted by Crippen LogP contribution is 2.18. The first-order valence-electron chi connectivity index (χ1n) is 5.24. The number of hydrogen-bond donors (Lipinski definition) is 1. The second kappa shape index (κ2) is 4.90. The van der Waals surface area contributed by atoms with Crippen molar-refractivity contribution >= 4 is 17.4 Å². The molecule has 0 radical (unpaired) electrons. The summed E-state index contributed by atoms with van der Waals surface area (Å²) >= 11 is 1.75. The van der Waals surface area contributed by atoms with Gasteiger partial charge in [-0.05, 0) is 40.7 Å². The van der Waals surface area contributed by atoms with Crippen LogP contribution in [0.3, 0.4) is 0 Å². The van der Waals surface area contributed by atoms with E-state index in [2.05, 4.69) is 50.1 Å². The third kappa shape index (κ3) is 4.58. The Morgan fingerprint density at radius 2 is 2.00 bits per heavy atom. The zero-order valence-electron chi connectivity index (χ0n) is 10.2. The zero-order valence-corrected chi connectivity index (χ0v) is 11.0. The summed E-state index contributed by atoms with van der Waals surface area (Å²) in [4.78, 5) is 5.65. The van der Waals surface area contributed by atoms with E-state index in [9.17, 15) is 0 Å². The van der Waals surface area contributed by atoms with Crippen LogP contribution in [0.5, 0.6) is 0 Å². The van der Waals surface area contributed by atoms with Crippen molar-refractivity contribution in [3.8, 4) is 0 Å². The molecular weight excluding hydrogens is 204 g/mol. The number of aromatic nitrogens is 1. The first-order chi connectivity index (χ1) is 6.88. The van der Waals surface area contributed by atoms with Gasteiger partial charge in [-0.3, -0.25) is 0 Å². The van der Waals surface area contributed by atoms with Crippen molar-refractivity contribution in [2.45, 2.75) is 40.2 Å². The summed E-state index contributed by atoms with van der Waals surface area (Å²) < 4.78 is 0. The van der Waals surface area contributed by atoms with Gasteiger partial charge in [0.05, 0.1) is 10.7 Å². The minimum absolute atomic E-state index is 0.184. The Balaban J connectivity index is 2.48. The topological polar surface area (TPSA) is 24.9 Å². The quantitative estimate of drug-likeness (QED) is 0.853. The summed E-state index contributed by atoms with van der Waals surface area (Å²) in [5.41, 5.74) is 1.31. The molecule has 0 bridgehead atoms. The molecule has 0 aromatic carbocycles. The molecule has 0 aliphatic heterocycles. The maximum Gasteiger partial charge on any atom is 0.0903 e. The summed E-state index contributed by atoms with van der Waals surface area (Å²) in [5.74, 6) is 0. The van der Waals surface area contributed by atoms with Gasteiger partial charge in [0.2, 0.25) is 0 Å². The van der Waals surface area contributed by atoms with Crippen LogP contribution < -0.4 is 5.32 Å². The molecule has 0 fully saturated rings. The first-order valence-corrected chi connectivity index (χ1v) is 6.06. The molecule has 0 saturated carbocycles. The number of aryl methyl sites for hydroxylation is 2. The van der Waals surface area contributed by atoms with E-state index in [-0.39, 0.29) is 5.54 Å². The molecule has 1 N–H and O–H groups in total. The van der Waals surface area contributed by atoms with Gasteiger partial charge in [-0.25, -0.2) is 4.98 Å². The largest absolute Gasteiger partial charge is 0.309 e. The van der Waals surface area contributed by atoms with Crippen molar-refractivity contribution in [2.24, 2.45) is 0 Å². The van der Waals surface area contributed by atoms with Gasteiger partial charge in [0.1, 0.15) is 0 Å². The lowest BCUT2D eigenvalue weighted by Crippen LogP contribution is -2.35. The monoisotopic (exact) mass is 224 g/mol. The highest BCUT2D eigenvalue weighted by molar-refractivity contribution is 7.12. The van der Waals surface area contributed by atoms with Crippen molar-refractivity contribution in [3.05, 3.63) is 21.7 Å². The molecule has 1 rings (SSSR count). The van der Waals surface area contributed by atoms with E-state index in [0.717, 1.165) is 17.2 Å². The predicted octanol–water partition coefficient (Wildman–Crippen LogP) is 3.16. The average molecular weight is 224 g/mol. The molecule has 0 atom stereocenters. The molecule has 0 aliphatic carbocycles. The van der Waals surface area contributed by atoms with Crippen LogP contribution in [0, 0.1) is 13.8 Å². The fraction of sp³-hybridized carbons (Fsp3) is 0.583. The fourth-order valence-electron chi connectivity index (χ4n) is 1.23. The van der Waals surface area contributed by atoms with E-state index in [4.69, 9.17) is 0 Å². The normalized spacial score (nSPS) is 12.6. The van der Waals surface area contributed by atoms with Crippen molar-refractivity contribution in [3.63, 3.8) is 0 Å². The van der Waals surface area contributed by atoms with Gasteiger partial charge < -0.3 is 5.32 Å². The van der Waals surface area contributed by atoms with Crippen LogP contribution in [0.2, 0.25) is 0 Å². The zero-order chi connectivity index (χ0) is 11.5. The summed E-state index contributed by atoms with van der Waals surface area (Å²) in [5, 5.41) is 4.55. The molecule has 0 spiro atoms. The predicted molar refractivity (Wildman–Crippen MR) is 68.4 cm³/mol. The Hall–Kier alpha value is -0.670. The van der Waals surface area contributed by atoms with E-state index in [1.54, 1.807) is 11.3 Å². The van der Waals surface area contributed by atoms with Gasteiger partial charge >= 0.3 is 0 Å². The first kappa shape index (κ1) is 12.4. The standard InChI is InChI=1S/C12H20N2S/c1-9-11(15-10(2)14-9)7-6-8-13-12(3,4)5/h6-7,13H,8H2,1-5H3. The second-order valence-electron chi connectivity index (χ2n) is 4.72. The lowest BCUT2D eigenvalue weighted by atomic mass is 10.1. The molecule has 0 aliphatic rings. The molecule has 0 saturated heterocycles. The molecule has 84 valence electrons. The Morgan fingerprint density at radius 3 is 2.47 bits per heavy atom. The van der Waals surface area contributed by atoms with E-state index >= 15 is 0 Å². The average Bonchev–Trinajstić information content (AvgIpc) is 2.37. The molecule has 3 heteroatoms. The fourth-order valence-corrected chi connectivity index (χ4v) is 2.09. The van der Waals surface area contributed by atoms with Gasteiger partial charge in [0.25, 0.3) is 0 Å². The van der Waals surface area contributed by atoms with Crippen LogP contribution in [-0.2, 0) is 0 Å². The highest BCUT2D eigenvalue weighted by Gasteiger charge is 2.06. The minimum Gasteiger partial charge on any atom is -0.309 e. The Morgan fingerprint density at radius 1 is 1.33 bits per heavy atom. The van der Waals surface area contributed by atoms with Crippen molar-refractivity contribution in [1.29, 1.82) is 0 Å². The molecule has 15 heavy (non-hydrogen) atoms. The number of rotatable bonds is 3. The minimum atomic E-state index is 0.184. The van der Waals surface area contributed by atoms with Gasteiger partial charge in [-0.1, -0.05) is 6.08 Å². The lowest BCUT2D eigenvalue weighted by molar-refractivity contribution is 0.450. The van der Waals surface area contributed by atoms with Crippen LogP contribution in [0.4, 0.5) is 0 Å². The molecule has 1 aromatic rings. The van der Waals surface area contributed by atoms with E-state index < -0.39 is 0 Å². The van der Waals surface area contributed by atoms with Crippen molar-refractivity contribution in [1.82, 2.24) is 10.3 Å². The Kier molecular flexibility index (Phi) is 4.05. The SMILES string of the molecule is Cc1nc(C)c(C=CCNC(C)(C)C)s1. The van der Waals surface area contributed by atoms with E-state index in [1.165, 1.54) is 4.88 Å². The molecule has 0 amide bonds. The van der Waals surface area contributed by atoms with Crippen molar-refractivity contribution in [2.75, 3.05) is 6.54 Å². The second-order valence-corrected chi connectivity index (χ2v) is 5.95. The highest BCUT2D eigenvalue weighted by atomic mass is 32.1. The van der Waals surface area contributed by atoms with Crippen LogP contribution in [0.1, 0.15) is 36.3 Å². The number of hydrogen-bond acceptors (Lipinski definition) is 3. The number of thiazole rings is 1. The maximum atomic E-state index is 4.39. The van der Waals surface area contributed by atoms with Crippen LogP contribution in [0.15, 0.2) is 6.08 Å². The Bertz CT molecular complexity index is 345. The number of nitrogens with zero attached hydrogens (tertiary/aromatic N) is 1. The van der Waals surface area contributed by atoms with Crippen LogP contribution in [0.25, 0.3) is 6.08 Å². The van der Waals surface area contributed by atoms with Crippen LogP contribution >= 0.6 is 11.3 Å². The molecule has 1 heterocycles. The third-order valence-electron chi connectivity index (χ3n) is 1.96. The lowest BCUT2D eigenvalue weighted by Gasteiger charge is -2.18. The molecule has 1 aromatic heterocycles. The van der Waals surface area contributed by atoms with Gasteiger partial charge in [0.15, 0.2) is 0 Å². The van der Waals surface area contributed by atoms with Crippen LogP contribution in [-0.4, -0.2) is 17.1 Å². The number of nitrogens with one attached hydrogen (secondary N) is 1. The van der Waals surface area contributed by atoms with E-state index in [0.29, 0.717) is 0 Å². The van der Waals surface area contributed by atoms with Crippen molar-refractivity contribution < 1.29 is 0 Å². The van der Waals surface area contributed by atoms with Gasteiger partial charge in [-0.15, -0.1) is 11.3 Å². The summed E-state index contributed by atoms with van der Waals surface area (Å²) in [6, 6.07) is 0. The summed E-state index contributed by atoms with van der Waals surface area (Å²) in [6.45, 7) is 11.5. The van der Waals surface area contributed by atoms with Gasteiger partial charge in [0, 0.05) is 17.0 Å².